The molecule has 0 aliphatic carbocycles. The Kier molecular flexibility index (Phi) is 11.6. The van der Waals surface area contributed by atoms with E-state index < -0.39 is 0 Å². The summed E-state index contributed by atoms with van der Waals surface area (Å²) in [5, 5.41) is 15.2. The number of benzene rings is 4. The van der Waals surface area contributed by atoms with Crippen LogP contribution in [0.25, 0.3) is 44.8 Å². The number of hydrogen-bond acceptors (Lipinski definition) is 8. The predicted octanol–water partition coefficient (Wildman–Crippen LogP) is 10.6. The highest BCUT2D eigenvalue weighted by molar-refractivity contribution is 5.65. The standard InChI is InChI=1S/4C10H9NO/c1-8-10(7-12-11-8)9-5-3-2-4-6-9;1-8-10(7-11-12-8)9-5-3-2-4-6-9;1-8-7-12-11-10(8)9-5-3-2-4-6-9;1-8-7-11-12-10(8)9-5-3-2-4-6-9/h4*2-7H,1H3. The van der Waals surface area contributed by atoms with Gasteiger partial charge in [-0.05, 0) is 38.8 Å². The maximum atomic E-state index is 5.10. The fraction of sp³-hybridized carbons (Fsp3) is 0.100. The molecule has 0 aliphatic rings. The Morgan fingerprint density at radius 1 is 0.438 bits per heavy atom. The van der Waals surface area contributed by atoms with Crippen LogP contribution in [-0.2, 0) is 0 Å². The summed E-state index contributed by atoms with van der Waals surface area (Å²) in [4.78, 5) is 0. The van der Waals surface area contributed by atoms with E-state index >= 15 is 0 Å². The molecule has 4 aromatic heterocycles. The quantitative estimate of drug-likeness (QED) is 0.188. The van der Waals surface area contributed by atoms with E-state index in [0.717, 1.165) is 67.4 Å². The molecule has 0 unspecified atom stereocenters. The zero-order valence-corrected chi connectivity index (χ0v) is 27.3. The molecule has 0 saturated heterocycles. The first-order valence-electron chi connectivity index (χ1n) is 15.4. The van der Waals surface area contributed by atoms with Gasteiger partial charge in [0.1, 0.15) is 24.0 Å². The molecule has 0 aliphatic heterocycles. The molecule has 4 aromatic carbocycles. The van der Waals surface area contributed by atoms with Crippen molar-refractivity contribution < 1.29 is 18.1 Å². The molecule has 0 N–H and O–H groups in total. The van der Waals surface area contributed by atoms with Crippen molar-refractivity contribution in [2.75, 3.05) is 0 Å². The number of aromatic nitrogens is 4. The molecule has 0 atom stereocenters. The van der Waals surface area contributed by atoms with E-state index in [-0.39, 0.29) is 0 Å². The van der Waals surface area contributed by atoms with Crippen LogP contribution in [0.3, 0.4) is 0 Å². The Labute approximate surface area is 279 Å². The van der Waals surface area contributed by atoms with Crippen molar-refractivity contribution in [2.45, 2.75) is 27.7 Å². The van der Waals surface area contributed by atoms with Crippen molar-refractivity contribution in [3.8, 4) is 44.8 Å². The lowest BCUT2D eigenvalue weighted by atomic mass is 10.1. The summed E-state index contributed by atoms with van der Waals surface area (Å²) in [7, 11) is 0. The third-order valence-corrected chi connectivity index (χ3v) is 7.25. The molecule has 0 radical (unpaired) electrons. The largest absolute Gasteiger partial charge is 0.364 e. The minimum Gasteiger partial charge on any atom is -0.364 e. The summed E-state index contributed by atoms with van der Waals surface area (Å²) in [6.07, 6.45) is 6.79. The van der Waals surface area contributed by atoms with E-state index in [1.807, 2.05) is 149 Å². The maximum Gasteiger partial charge on any atom is 0.169 e. The molecule has 4 heterocycles. The molecular weight excluding hydrogens is 600 g/mol. The second kappa shape index (κ2) is 16.9. The first-order valence-corrected chi connectivity index (χ1v) is 15.4. The summed E-state index contributed by atoms with van der Waals surface area (Å²) in [6, 6.07) is 40.1. The fourth-order valence-corrected chi connectivity index (χ4v) is 4.70. The Bertz CT molecular complexity index is 1760. The van der Waals surface area contributed by atoms with E-state index in [9.17, 15) is 0 Å². The third-order valence-electron chi connectivity index (χ3n) is 7.25. The number of rotatable bonds is 4. The number of hydrogen-bond donors (Lipinski definition) is 0. The smallest absolute Gasteiger partial charge is 0.169 e. The topological polar surface area (TPSA) is 104 Å². The van der Waals surface area contributed by atoms with E-state index in [1.54, 1.807) is 24.9 Å². The van der Waals surface area contributed by atoms with Crippen molar-refractivity contribution in [1.29, 1.82) is 0 Å². The van der Waals surface area contributed by atoms with Gasteiger partial charge in [-0.3, -0.25) is 0 Å². The van der Waals surface area contributed by atoms with Crippen LogP contribution in [0.2, 0.25) is 0 Å². The average molecular weight is 637 g/mol. The zero-order valence-electron chi connectivity index (χ0n) is 27.3. The van der Waals surface area contributed by atoms with Gasteiger partial charge in [-0.1, -0.05) is 142 Å². The predicted molar refractivity (Wildman–Crippen MR) is 187 cm³/mol. The zero-order chi connectivity index (χ0) is 33.6. The molecule has 240 valence electrons. The molecule has 0 amide bonds. The van der Waals surface area contributed by atoms with Crippen LogP contribution in [0.1, 0.15) is 22.6 Å². The lowest BCUT2D eigenvalue weighted by Crippen LogP contribution is -1.78. The Balaban J connectivity index is 0.000000125. The van der Waals surface area contributed by atoms with Crippen LogP contribution in [-0.4, -0.2) is 20.6 Å². The van der Waals surface area contributed by atoms with Crippen LogP contribution >= 0.6 is 0 Å². The van der Waals surface area contributed by atoms with Crippen molar-refractivity contribution in [3.05, 3.63) is 169 Å². The molecule has 48 heavy (non-hydrogen) atoms. The van der Waals surface area contributed by atoms with Gasteiger partial charge in [-0.2, -0.15) is 0 Å². The Hall–Kier alpha value is -6.28. The van der Waals surface area contributed by atoms with Crippen molar-refractivity contribution in [3.63, 3.8) is 0 Å². The third kappa shape index (κ3) is 8.92. The number of aryl methyl sites for hydroxylation is 4. The Morgan fingerprint density at radius 2 is 0.938 bits per heavy atom. The molecule has 0 spiro atoms. The van der Waals surface area contributed by atoms with Gasteiger partial charge in [0.25, 0.3) is 0 Å². The summed E-state index contributed by atoms with van der Waals surface area (Å²) in [5.74, 6) is 1.72. The first-order chi connectivity index (χ1) is 23.5. The van der Waals surface area contributed by atoms with Crippen LogP contribution in [0.15, 0.2) is 164 Å². The van der Waals surface area contributed by atoms with E-state index in [4.69, 9.17) is 18.1 Å². The van der Waals surface area contributed by atoms with Crippen LogP contribution in [0.4, 0.5) is 0 Å². The van der Waals surface area contributed by atoms with Crippen molar-refractivity contribution in [1.82, 2.24) is 20.6 Å². The molecule has 0 saturated carbocycles. The summed E-state index contributed by atoms with van der Waals surface area (Å²) in [5.41, 5.74) is 10.6. The average Bonchev–Trinajstić information content (AvgIpc) is 3.96. The highest BCUT2D eigenvalue weighted by Gasteiger charge is 2.06. The normalized spacial score (nSPS) is 10.1. The van der Waals surface area contributed by atoms with E-state index in [1.165, 1.54) is 0 Å². The van der Waals surface area contributed by atoms with Crippen molar-refractivity contribution >= 4 is 0 Å². The van der Waals surface area contributed by atoms with Gasteiger partial charge >= 0.3 is 0 Å². The van der Waals surface area contributed by atoms with Gasteiger partial charge < -0.3 is 18.1 Å². The summed E-state index contributed by atoms with van der Waals surface area (Å²) < 4.78 is 19.8. The highest BCUT2D eigenvalue weighted by Crippen LogP contribution is 2.24. The first kappa shape index (κ1) is 33.1. The highest BCUT2D eigenvalue weighted by atomic mass is 16.5. The molecule has 8 nitrogen and oxygen atoms in total. The molecule has 8 heteroatoms. The van der Waals surface area contributed by atoms with E-state index in [2.05, 4.69) is 20.6 Å². The minimum absolute atomic E-state index is 0.857. The minimum atomic E-state index is 0.857. The van der Waals surface area contributed by atoms with Crippen LogP contribution in [0, 0.1) is 27.7 Å². The maximum absolute atomic E-state index is 5.10. The van der Waals surface area contributed by atoms with Crippen molar-refractivity contribution in [2.24, 2.45) is 0 Å². The Morgan fingerprint density at radius 3 is 1.38 bits per heavy atom. The molecule has 0 bridgehead atoms. The lowest BCUT2D eigenvalue weighted by Gasteiger charge is -1.94. The van der Waals surface area contributed by atoms with Gasteiger partial charge in [-0.15, -0.1) is 0 Å². The van der Waals surface area contributed by atoms with Gasteiger partial charge in [-0.25, -0.2) is 0 Å². The lowest BCUT2D eigenvalue weighted by molar-refractivity contribution is 0.398. The second-order valence-electron chi connectivity index (χ2n) is 10.8. The van der Waals surface area contributed by atoms with Crippen LogP contribution < -0.4 is 0 Å². The van der Waals surface area contributed by atoms with Crippen LogP contribution in [0.5, 0.6) is 0 Å². The SMILES string of the molecule is Cc1cnoc1-c1ccccc1.Cc1conc1-c1ccccc1.Cc1nocc1-c1ccccc1.Cc1oncc1-c1ccccc1. The monoisotopic (exact) mass is 636 g/mol. The van der Waals surface area contributed by atoms with Gasteiger partial charge in [0, 0.05) is 33.4 Å². The number of nitrogens with zero attached hydrogens (tertiary/aromatic N) is 4. The van der Waals surface area contributed by atoms with Gasteiger partial charge in [0.05, 0.1) is 18.1 Å². The van der Waals surface area contributed by atoms with E-state index in [0.29, 0.717) is 0 Å². The molecular formula is C40H36N4O4. The fourth-order valence-electron chi connectivity index (χ4n) is 4.70. The summed E-state index contributed by atoms with van der Waals surface area (Å²) >= 11 is 0. The molecule has 8 rings (SSSR count). The summed E-state index contributed by atoms with van der Waals surface area (Å²) in [6.45, 7) is 7.82. The second-order valence-corrected chi connectivity index (χ2v) is 10.8. The molecule has 0 fully saturated rings. The molecule has 8 aromatic rings. The van der Waals surface area contributed by atoms with Gasteiger partial charge in [0.2, 0.25) is 0 Å². The van der Waals surface area contributed by atoms with Gasteiger partial charge in [0.15, 0.2) is 5.76 Å².